The van der Waals surface area contributed by atoms with E-state index in [0.717, 1.165) is 23.4 Å². The SMILES string of the molecule is CCCCCCc1ccc(C(=O)N(CC)CC(=O)Nc2cc(C(C)(C)C)nn2-c2ccc(C)cc2)cc1. The van der Waals surface area contributed by atoms with E-state index in [2.05, 4.69) is 33.0 Å². The summed E-state index contributed by atoms with van der Waals surface area (Å²) in [5, 5.41) is 7.77. The Morgan fingerprint density at radius 3 is 2.22 bits per heavy atom. The molecule has 3 aromatic rings. The third-order valence-corrected chi connectivity index (χ3v) is 6.55. The third kappa shape index (κ3) is 7.78. The molecule has 0 aliphatic heterocycles. The van der Waals surface area contributed by atoms with Crippen molar-refractivity contribution in [2.45, 2.75) is 79.1 Å². The first kappa shape index (κ1) is 28.2. The summed E-state index contributed by atoms with van der Waals surface area (Å²) >= 11 is 0. The summed E-state index contributed by atoms with van der Waals surface area (Å²) in [5.41, 5.74) is 4.57. The highest BCUT2D eigenvalue weighted by Crippen LogP contribution is 2.26. The lowest BCUT2D eigenvalue weighted by Gasteiger charge is -2.21. The molecule has 0 bridgehead atoms. The third-order valence-electron chi connectivity index (χ3n) is 6.55. The van der Waals surface area contributed by atoms with Crippen molar-refractivity contribution in [2.24, 2.45) is 0 Å². The molecule has 0 aliphatic rings. The van der Waals surface area contributed by atoms with Crippen LogP contribution in [0.1, 0.15) is 87.5 Å². The Hall–Kier alpha value is -3.41. The second-order valence-corrected chi connectivity index (χ2v) is 10.8. The molecule has 37 heavy (non-hydrogen) atoms. The summed E-state index contributed by atoms with van der Waals surface area (Å²) in [7, 11) is 0. The number of aromatic nitrogens is 2. The van der Waals surface area contributed by atoms with Crippen LogP contribution < -0.4 is 5.32 Å². The fraction of sp³-hybridized carbons (Fsp3) is 0.452. The number of hydrogen-bond donors (Lipinski definition) is 1. The first-order valence-corrected chi connectivity index (χ1v) is 13.5. The number of rotatable bonds is 11. The minimum absolute atomic E-state index is 0.0297. The second-order valence-electron chi connectivity index (χ2n) is 10.8. The number of anilines is 1. The first-order valence-electron chi connectivity index (χ1n) is 13.5. The molecule has 1 aromatic heterocycles. The highest BCUT2D eigenvalue weighted by atomic mass is 16.2. The van der Waals surface area contributed by atoms with Gasteiger partial charge in [0.05, 0.1) is 11.4 Å². The molecule has 0 spiro atoms. The van der Waals surface area contributed by atoms with Crippen molar-refractivity contribution in [3.8, 4) is 5.69 Å². The van der Waals surface area contributed by atoms with Crippen LogP contribution >= 0.6 is 0 Å². The minimum Gasteiger partial charge on any atom is -0.330 e. The molecule has 2 aromatic carbocycles. The number of carbonyl (C=O) groups is 2. The normalized spacial score (nSPS) is 11.4. The molecule has 0 saturated carbocycles. The average Bonchev–Trinajstić information content (AvgIpc) is 3.30. The molecule has 198 valence electrons. The van der Waals surface area contributed by atoms with Gasteiger partial charge in [0, 0.05) is 23.6 Å². The molecule has 3 rings (SSSR count). The van der Waals surface area contributed by atoms with Crippen LogP contribution in [0.4, 0.5) is 5.82 Å². The highest BCUT2D eigenvalue weighted by molar-refractivity contribution is 5.99. The van der Waals surface area contributed by atoms with Crippen molar-refractivity contribution in [1.82, 2.24) is 14.7 Å². The number of aryl methyl sites for hydroxylation is 2. The maximum Gasteiger partial charge on any atom is 0.254 e. The van der Waals surface area contributed by atoms with Gasteiger partial charge in [0.25, 0.3) is 5.91 Å². The van der Waals surface area contributed by atoms with Gasteiger partial charge >= 0.3 is 0 Å². The summed E-state index contributed by atoms with van der Waals surface area (Å²) in [6.45, 7) is 12.8. The van der Waals surface area contributed by atoms with Crippen molar-refractivity contribution in [1.29, 1.82) is 0 Å². The molecule has 6 nitrogen and oxygen atoms in total. The molecule has 0 aliphatic carbocycles. The van der Waals surface area contributed by atoms with E-state index in [4.69, 9.17) is 5.10 Å². The summed E-state index contributed by atoms with van der Waals surface area (Å²) in [5.74, 6) is 0.198. The number of nitrogens with one attached hydrogen (secondary N) is 1. The van der Waals surface area contributed by atoms with Gasteiger partial charge in [-0.05, 0) is 56.5 Å². The van der Waals surface area contributed by atoms with Gasteiger partial charge in [-0.2, -0.15) is 5.10 Å². The maximum atomic E-state index is 13.2. The van der Waals surface area contributed by atoms with E-state index in [9.17, 15) is 9.59 Å². The van der Waals surface area contributed by atoms with Gasteiger partial charge < -0.3 is 10.2 Å². The van der Waals surface area contributed by atoms with Crippen LogP contribution in [-0.4, -0.2) is 39.6 Å². The summed E-state index contributed by atoms with van der Waals surface area (Å²) in [6.07, 6.45) is 5.90. The van der Waals surface area contributed by atoms with Crippen molar-refractivity contribution in [2.75, 3.05) is 18.4 Å². The lowest BCUT2D eigenvalue weighted by atomic mass is 9.92. The van der Waals surface area contributed by atoms with E-state index in [0.29, 0.717) is 17.9 Å². The van der Waals surface area contributed by atoms with E-state index >= 15 is 0 Å². The van der Waals surface area contributed by atoms with E-state index in [1.165, 1.54) is 31.2 Å². The molecule has 2 amide bonds. The fourth-order valence-corrected chi connectivity index (χ4v) is 4.15. The van der Waals surface area contributed by atoms with Crippen LogP contribution in [0.2, 0.25) is 0 Å². The summed E-state index contributed by atoms with van der Waals surface area (Å²) < 4.78 is 1.76. The fourth-order valence-electron chi connectivity index (χ4n) is 4.15. The van der Waals surface area contributed by atoms with Crippen molar-refractivity contribution >= 4 is 17.6 Å². The standard InChI is InChI=1S/C31H42N4O2/c1-7-9-10-11-12-24-15-17-25(18-16-24)30(37)34(8-2)22-29(36)32-28-21-27(31(4,5)6)33-35(28)26-19-13-23(3)14-20-26/h13-21H,7-12,22H2,1-6H3,(H,32,36). The zero-order chi connectivity index (χ0) is 27.0. The van der Waals surface area contributed by atoms with Crippen LogP contribution in [0.5, 0.6) is 0 Å². The number of hydrogen-bond acceptors (Lipinski definition) is 3. The van der Waals surface area contributed by atoms with Crippen LogP contribution in [-0.2, 0) is 16.6 Å². The van der Waals surface area contributed by atoms with Crippen LogP contribution in [0.15, 0.2) is 54.6 Å². The molecular weight excluding hydrogens is 460 g/mol. The molecule has 0 unspecified atom stereocenters. The number of likely N-dealkylation sites (N-methyl/N-ethyl adjacent to an activating group) is 1. The number of benzene rings is 2. The number of amides is 2. The van der Waals surface area contributed by atoms with Crippen LogP contribution in [0.3, 0.4) is 0 Å². The van der Waals surface area contributed by atoms with E-state index < -0.39 is 0 Å². The maximum absolute atomic E-state index is 13.2. The van der Waals surface area contributed by atoms with Crippen molar-refractivity contribution < 1.29 is 9.59 Å². The molecule has 1 N–H and O–H groups in total. The van der Waals surface area contributed by atoms with Gasteiger partial charge in [0.2, 0.25) is 5.91 Å². The number of unbranched alkanes of at least 4 members (excludes halogenated alkanes) is 3. The Labute approximate surface area is 222 Å². The quantitative estimate of drug-likeness (QED) is 0.297. The zero-order valence-corrected chi connectivity index (χ0v) is 23.3. The van der Waals surface area contributed by atoms with Gasteiger partial charge in [-0.3, -0.25) is 9.59 Å². The summed E-state index contributed by atoms with van der Waals surface area (Å²) in [4.78, 5) is 27.8. The zero-order valence-electron chi connectivity index (χ0n) is 23.3. The van der Waals surface area contributed by atoms with Crippen molar-refractivity contribution in [3.05, 3.63) is 77.0 Å². The predicted octanol–water partition coefficient (Wildman–Crippen LogP) is 6.70. The summed E-state index contributed by atoms with van der Waals surface area (Å²) in [6, 6.07) is 17.7. The van der Waals surface area contributed by atoms with Crippen molar-refractivity contribution in [3.63, 3.8) is 0 Å². The molecule has 0 atom stereocenters. The van der Waals surface area contributed by atoms with E-state index in [1.54, 1.807) is 9.58 Å². The molecule has 1 heterocycles. The van der Waals surface area contributed by atoms with Gasteiger partial charge in [-0.25, -0.2) is 4.68 Å². The Kier molecular flexibility index (Phi) is 9.67. The van der Waals surface area contributed by atoms with Crippen LogP contribution in [0, 0.1) is 6.92 Å². The van der Waals surface area contributed by atoms with Gasteiger partial charge in [0.1, 0.15) is 12.4 Å². The molecule has 0 fully saturated rings. The van der Waals surface area contributed by atoms with E-state index in [1.807, 2.05) is 68.4 Å². The predicted molar refractivity (Wildman–Crippen MR) is 151 cm³/mol. The smallest absolute Gasteiger partial charge is 0.254 e. The molecule has 6 heteroatoms. The lowest BCUT2D eigenvalue weighted by molar-refractivity contribution is -0.116. The molecule has 0 saturated heterocycles. The lowest BCUT2D eigenvalue weighted by Crippen LogP contribution is -2.38. The van der Waals surface area contributed by atoms with Gasteiger partial charge in [0.15, 0.2) is 0 Å². The largest absolute Gasteiger partial charge is 0.330 e. The minimum atomic E-state index is -0.253. The Bertz CT molecular complexity index is 1170. The highest BCUT2D eigenvalue weighted by Gasteiger charge is 2.23. The Morgan fingerprint density at radius 2 is 1.62 bits per heavy atom. The van der Waals surface area contributed by atoms with E-state index in [-0.39, 0.29) is 23.8 Å². The number of nitrogens with zero attached hydrogens (tertiary/aromatic N) is 3. The topological polar surface area (TPSA) is 67.2 Å². The van der Waals surface area contributed by atoms with Gasteiger partial charge in [-0.15, -0.1) is 0 Å². The van der Waals surface area contributed by atoms with Gasteiger partial charge in [-0.1, -0.05) is 76.8 Å². The van der Waals surface area contributed by atoms with Crippen LogP contribution in [0.25, 0.3) is 5.69 Å². The average molecular weight is 503 g/mol. The molecular formula is C31H42N4O2. The Morgan fingerprint density at radius 1 is 0.946 bits per heavy atom. The first-order chi connectivity index (χ1) is 17.6. The second kappa shape index (κ2) is 12.7. The molecule has 0 radical (unpaired) electrons. The Balaban J connectivity index is 1.70. The number of carbonyl (C=O) groups excluding carboxylic acids is 2. The monoisotopic (exact) mass is 502 g/mol.